The molecule has 0 spiro atoms. The van der Waals surface area contributed by atoms with Gasteiger partial charge < -0.3 is 24.4 Å². The maximum absolute atomic E-state index is 13.6. The van der Waals surface area contributed by atoms with Crippen molar-refractivity contribution in [1.29, 1.82) is 0 Å². The van der Waals surface area contributed by atoms with Gasteiger partial charge in [0.25, 0.3) is 0 Å². The molecule has 2 atom stereocenters. The highest BCUT2D eigenvalue weighted by Crippen LogP contribution is 2.41. The molecule has 2 fully saturated rings. The average molecular weight is 529 g/mol. The second kappa shape index (κ2) is 10.7. The largest absolute Gasteiger partial charge is 0.460 e. The summed E-state index contributed by atoms with van der Waals surface area (Å²) in [5, 5.41) is 9.93. The van der Waals surface area contributed by atoms with Crippen LogP contribution < -0.4 is 4.90 Å². The van der Waals surface area contributed by atoms with Crippen molar-refractivity contribution in [3.8, 4) is 0 Å². The van der Waals surface area contributed by atoms with Gasteiger partial charge in [-0.2, -0.15) is 13.2 Å². The van der Waals surface area contributed by atoms with Gasteiger partial charge in [0, 0.05) is 31.2 Å². The molecule has 1 aromatic carbocycles. The van der Waals surface area contributed by atoms with Gasteiger partial charge in [-0.25, -0.2) is 4.79 Å². The Bertz CT molecular complexity index is 976. The fraction of sp³-hybridized carbons (Fsp3) is 0.704. The second-order valence-corrected chi connectivity index (χ2v) is 12.0. The normalized spacial score (nSPS) is 21.8. The lowest BCUT2D eigenvalue weighted by Crippen LogP contribution is -2.41. The minimum Gasteiger partial charge on any atom is -0.460 e. The molecule has 2 heterocycles. The van der Waals surface area contributed by atoms with Gasteiger partial charge in [0.05, 0.1) is 24.1 Å². The first-order chi connectivity index (χ1) is 17.0. The molecule has 0 aromatic heterocycles. The van der Waals surface area contributed by atoms with Gasteiger partial charge >= 0.3 is 18.2 Å². The van der Waals surface area contributed by atoms with Crippen molar-refractivity contribution >= 4 is 17.7 Å². The van der Waals surface area contributed by atoms with Crippen molar-refractivity contribution in [2.45, 2.75) is 90.1 Å². The Morgan fingerprint density at radius 1 is 1.00 bits per heavy atom. The van der Waals surface area contributed by atoms with E-state index in [1.165, 1.54) is 11.0 Å². The summed E-state index contributed by atoms with van der Waals surface area (Å²) >= 11 is 0. The van der Waals surface area contributed by atoms with E-state index in [4.69, 9.17) is 9.47 Å². The molecule has 2 aliphatic heterocycles. The molecule has 0 radical (unpaired) electrons. The van der Waals surface area contributed by atoms with Gasteiger partial charge in [-0.05, 0) is 78.5 Å². The van der Waals surface area contributed by atoms with Crippen molar-refractivity contribution < 1.29 is 37.3 Å². The Morgan fingerprint density at radius 2 is 1.59 bits per heavy atom. The van der Waals surface area contributed by atoms with Crippen LogP contribution in [0.25, 0.3) is 0 Å². The molecule has 1 N–H and O–H groups in total. The number of aliphatic hydroxyl groups is 1. The summed E-state index contributed by atoms with van der Waals surface area (Å²) in [5.41, 5.74) is -0.930. The SMILES string of the molecule is CC(C)(C)OC(=O)C1CCN(c2cc(C(F)(F)F)ccc2[C@H]2C[C@H](CO)N(C(=O)OC(C)(C)C)C2)CC1. The molecule has 208 valence electrons. The van der Waals surface area contributed by atoms with Crippen LogP contribution in [-0.4, -0.2) is 65.6 Å². The highest BCUT2D eigenvalue weighted by Gasteiger charge is 2.40. The summed E-state index contributed by atoms with van der Waals surface area (Å²) in [6.45, 7) is 11.4. The van der Waals surface area contributed by atoms with Crippen LogP contribution in [0.2, 0.25) is 0 Å². The molecule has 10 heteroatoms. The molecule has 37 heavy (non-hydrogen) atoms. The average Bonchev–Trinajstić information content (AvgIpc) is 3.20. The molecule has 0 unspecified atom stereocenters. The zero-order valence-electron chi connectivity index (χ0n) is 22.5. The minimum absolute atomic E-state index is 0.229. The molecule has 0 saturated carbocycles. The number of ether oxygens (including phenoxy) is 2. The second-order valence-electron chi connectivity index (χ2n) is 12.0. The lowest BCUT2D eigenvalue weighted by atomic mass is 9.90. The maximum Gasteiger partial charge on any atom is 0.416 e. The highest BCUT2D eigenvalue weighted by molar-refractivity contribution is 5.73. The van der Waals surface area contributed by atoms with Crippen molar-refractivity contribution in [2.75, 3.05) is 31.1 Å². The molecule has 7 nitrogen and oxygen atoms in total. The summed E-state index contributed by atoms with van der Waals surface area (Å²) < 4.78 is 51.9. The summed E-state index contributed by atoms with van der Waals surface area (Å²) in [4.78, 5) is 28.6. The van der Waals surface area contributed by atoms with Crippen LogP contribution in [0.4, 0.5) is 23.7 Å². The van der Waals surface area contributed by atoms with Gasteiger partial charge in [-0.1, -0.05) is 6.07 Å². The van der Waals surface area contributed by atoms with Crippen LogP contribution in [0.1, 0.15) is 77.8 Å². The number of aliphatic hydroxyl groups excluding tert-OH is 1. The first-order valence-corrected chi connectivity index (χ1v) is 12.8. The summed E-state index contributed by atoms with van der Waals surface area (Å²) in [6, 6.07) is 3.22. The zero-order valence-corrected chi connectivity index (χ0v) is 22.5. The van der Waals surface area contributed by atoms with Crippen molar-refractivity contribution in [3.63, 3.8) is 0 Å². The molecule has 1 amide bonds. The fourth-order valence-corrected chi connectivity index (χ4v) is 4.94. The number of rotatable bonds is 4. The number of esters is 1. The lowest BCUT2D eigenvalue weighted by molar-refractivity contribution is -0.160. The monoisotopic (exact) mass is 528 g/mol. The summed E-state index contributed by atoms with van der Waals surface area (Å²) in [7, 11) is 0. The van der Waals surface area contributed by atoms with Crippen molar-refractivity contribution in [3.05, 3.63) is 29.3 Å². The number of piperidine rings is 1. The van der Waals surface area contributed by atoms with E-state index in [1.54, 1.807) is 41.5 Å². The Kier molecular flexibility index (Phi) is 8.41. The Hall–Kier alpha value is -2.49. The number of amides is 1. The van der Waals surface area contributed by atoms with Crippen LogP contribution in [0.15, 0.2) is 18.2 Å². The minimum atomic E-state index is -4.51. The Morgan fingerprint density at radius 3 is 2.11 bits per heavy atom. The number of benzene rings is 1. The number of anilines is 1. The van der Waals surface area contributed by atoms with Crippen LogP contribution in [0.5, 0.6) is 0 Å². The smallest absolute Gasteiger partial charge is 0.416 e. The molecule has 3 rings (SSSR count). The predicted molar refractivity (Wildman–Crippen MR) is 133 cm³/mol. The Labute approximate surface area is 216 Å². The molecular weight excluding hydrogens is 489 g/mol. The predicted octanol–water partition coefficient (Wildman–Crippen LogP) is 5.35. The molecule has 0 aliphatic carbocycles. The van der Waals surface area contributed by atoms with E-state index in [1.807, 2.05) is 4.90 Å². The van der Waals surface area contributed by atoms with E-state index in [-0.39, 0.29) is 31.0 Å². The van der Waals surface area contributed by atoms with Crippen LogP contribution in [0, 0.1) is 5.92 Å². The third-order valence-electron chi connectivity index (χ3n) is 6.63. The van der Waals surface area contributed by atoms with Crippen LogP contribution in [-0.2, 0) is 20.4 Å². The standard InChI is InChI=1S/C27H39F3N2O5/c1-25(2,3)36-23(34)17-9-11-31(12-10-17)22-14-19(27(28,29)30)7-8-21(22)18-13-20(16-33)32(15-18)24(35)37-26(4,5)6/h7-8,14,17-18,20,33H,9-13,15-16H2,1-6H3/t18-,20+/m0/s1. The van der Waals surface area contributed by atoms with Gasteiger partial charge in [0.15, 0.2) is 0 Å². The van der Waals surface area contributed by atoms with Gasteiger partial charge in [0.1, 0.15) is 11.2 Å². The van der Waals surface area contributed by atoms with Gasteiger partial charge in [-0.15, -0.1) is 0 Å². The molecule has 2 aliphatic rings. The van der Waals surface area contributed by atoms with Crippen LogP contribution >= 0.6 is 0 Å². The van der Waals surface area contributed by atoms with E-state index < -0.39 is 35.1 Å². The van der Waals surface area contributed by atoms with E-state index in [0.29, 0.717) is 43.6 Å². The van der Waals surface area contributed by atoms with E-state index in [9.17, 15) is 27.9 Å². The fourth-order valence-electron chi connectivity index (χ4n) is 4.94. The van der Waals surface area contributed by atoms with Gasteiger partial charge in [-0.3, -0.25) is 4.79 Å². The maximum atomic E-state index is 13.6. The number of carbonyl (C=O) groups excluding carboxylic acids is 2. The molecule has 2 saturated heterocycles. The first kappa shape index (κ1) is 29.1. The zero-order chi connectivity index (χ0) is 27.8. The number of alkyl halides is 3. The highest BCUT2D eigenvalue weighted by atomic mass is 19.4. The van der Waals surface area contributed by atoms with E-state index >= 15 is 0 Å². The third kappa shape index (κ3) is 7.52. The number of likely N-dealkylation sites (tertiary alicyclic amines) is 1. The third-order valence-corrected chi connectivity index (χ3v) is 6.63. The molecular formula is C27H39F3N2O5. The topological polar surface area (TPSA) is 79.3 Å². The summed E-state index contributed by atoms with van der Waals surface area (Å²) in [5.74, 6) is -0.867. The van der Waals surface area contributed by atoms with E-state index in [0.717, 1.165) is 12.1 Å². The van der Waals surface area contributed by atoms with E-state index in [2.05, 4.69) is 0 Å². The lowest BCUT2D eigenvalue weighted by Gasteiger charge is -2.36. The molecule has 1 aromatic rings. The number of hydrogen-bond acceptors (Lipinski definition) is 6. The number of halogens is 3. The van der Waals surface area contributed by atoms with Gasteiger partial charge in [0.2, 0.25) is 0 Å². The molecule has 0 bridgehead atoms. The number of nitrogens with zero attached hydrogens (tertiary/aromatic N) is 2. The first-order valence-electron chi connectivity index (χ1n) is 12.8. The van der Waals surface area contributed by atoms with Crippen LogP contribution in [0.3, 0.4) is 0 Å². The number of hydrogen-bond donors (Lipinski definition) is 1. The van der Waals surface area contributed by atoms with Crippen molar-refractivity contribution in [2.24, 2.45) is 5.92 Å². The Balaban J connectivity index is 1.85. The quantitative estimate of drug-likeness (QED) is 0.531. The summed E-state index contributed by atoms with van der Waals surface area (Å²) in [6.07, 6.45) is -3.71. The van der Waals surface area contributed by atoms with Crippen molar-refractivity contribution in [1.82, 2.24) is 4.90 Å². The number of carbonyl (C=O) groups is 2.